The Morgan fingerprint density at radius 3 is 2.42 bits per heavy atom. The maximum absolute atomic E-state index is 12.8. The Balaban J connectivity index is 1.51. The average Bonchev–Trinajstić information content (AvgIpc) is 3.11. The molecule has 33 heavy (non-hydrogen) atoms. The number of aliphatic imine (C=N–C) groups is 1. The van der Waals surface area contributed by atoms with E-state index in [4.69, 9.17) is 9.47 Å². The number of amides is 1. The van der Waals surface area contributed by atoms with E-state index in [0.717, 1.165) is 23.2 Å². The molecular weight excluding hydrogens is 432 g/mol. The zero-order valence-electron chi connectivity index (χ0n) is 18.9. The average molecular weight is 459 g/mol. The summed E-state index contributed by atoms with van der Waals surface area (Å²) in [6.45, 7) is 2.57. The molecule has 1 aliphatic heterocycles. The van der Waals surface area contributed by atoms with Gasteiger partial charge in [-0.1, -0.05) is 55.5 Å². The van der Waals surface area contributed by atoms with Crippen molar-refractivity contribution in [2.75, 3.05) is 14.2 Å². The van der Waals surface area contributed by atoms with Crippen LogP contribution in [0.15, 0.2) is 82.7 Å². The van der Waals surface area contributed by atoms with Gasteiger partial charge in [0.1, 0.15) is 6.61 Å². The first-order valence-corrected chi connectivity index (χ1v) is 11.6. The van der Waals surface area contributed by atoms with Crippen LogP contribution in [0.4, 0.5) is 5.69 Å². The van der Waals surface area contributed by atoms with Crippen LogP contribution in [0.5, 0.6) is 11.5 Å². The van der Waals surface area contributed by atoms with Crippen molar-refractivity contribution in [3.63, 3.8) is 0 Å². The van der Waals surface area contributed by atoms with E-state index in [0.29, 0.717) is 28.2 Å². The number of hydrogen-bond donors (Lipinski definition) is 0. The topological polar surface area (TPSA) is 51.1 Å². The maximum Gasteiger partial charge on any atom is 0.266 e. The highest BCUT2D eigenvalue weighted by atomic mass is 32.2. The molecule has 1 saturated heterocycles. The Hall–Kier alpha value is -3.51. The number of carbonyl (C=O) groups is 1. The molecule has 0 atom stereocenters. The zero-order chi connectivity index (χ0) is 23.2. The van der Waals surface area contributed by atoms with E-state index in [1.165, 1.54) is 17.3 Å². The molecular formula is C27H26N2O3S. The molecule has 1 heterocycles. The third-order valence-corrected chi connectivity index (χ3v) is 6.36. The van der Waals surface area contributed by atoms with Crippen LogP contribution in [-0.4, -0.2) is 30.1 Å². The second-order valence-corrected chi connectivity index (χ2v) is 8.58. The molecule has 0 saturated carbocycles. The lowest BCUT2D eigenvalue weighted by molar-refractivity contribution is -0.121. The summed E-state index contributed by atoms with van der Waals surface area (Å²) in [4.78, 5) is 19.6. The van der Waals surface area contributed by atoms with E-state index in [1.54, 1.807) is 19.1 Å². The molecule has 0 spiro atoms. The van der Waals surface area contributed by atoms with Crippen molar-refractivity contribution in [3.05, 3.63) is 94.4 Å². The fourth-order valence-electron chi connectivity index (χ4n) is 3.35. The molecule has 5 nitrogen and oxygen atoms in total. The largest absolute Gasteiger partial charge is 0.493 e. The number of amidine groups is 1. The van der Waals surface area contributed by atoms with Crippen molar-refractivity contribution >= 4 is 34.6 Å². The van der Waals surface area contributed by atoms with E-state index in [1.807, 2.05) is 66.7 Å². The highest BCUT2D eigenvalue weighted by Crippen LogP contribution is 2.35. The minimum atomic E-state index is -0.0766. The lowest BCUT2D eigenvalue weighted by Gasteiger charge is -2.11. The smallest absolute Gasteiger partial charge is 0.266 e. The number of aryl methyl sites for hydroxylation is 1. The maximum atomic E-state index is 12.8. The van der Waals surface area contributed by atoms with Crippen LogP contribution in [0, 0.1) is 0 Å². The summed E-state index contributed by atoms with van der Waals surface area (Å²) in [6, 6.07) is 23.7. The highest BCUT2D eigenvalue weighted by molar-refractivity contribution is 8.18. The fourth-order valence-corrected chi connectivity index (χ4v) is 4.34. The Kier molecular flexibility index (Phi) is 7.15. The van der Waals surface area contributed by atoms with Gasteiger partial charge in [0.25, 0.3) is 5.91 Å². The zero-order valence-corrected chi connectivity index (χ0v) is 19.8. The number of hydrogen-bond acceptors (Lipinski definition) is 5. The fraction of sp³-hybridized carbons (Fsp3) is 0.185. The number of likely N-dealkylation sites (N-methyl/N-ethyl adjacent to an activating group) is 1. The molecule has 0 aliphatic carbocycles. The quantitative estimate of drug-likeness (QED) is 0.403. The van der Waals surface area contributed by atoms with E-state index in [2.05, 4.69) is 24.0 Å². The standard InChI is InChI=1S/C27H26N2O3S/c1-4-19-10-13-22(14-11-19)28-27-29(2)26(30)25(33-27)17-21-12-15-23(24(16-21)31-3)32-18-20-8-6-5-7-9-20/h5-17H,4,18H2,1-3H3/b25-17+,28-27?. The van der Waals surface area contributed by atoms with Crippen molar-refractivity contribution in [1.82, 2.24) is 4.90 Å². The number of carbonyl (C=O) groups excluding carboxylic acids is 1. The summed E-state index contributed by atoms with van der Waals surface area (Å²) >= 11 is 1.37. The highest BCUT2D eigenvalue weighted by Gasteiger charge is 2.30. The number of methoxy groups -OCH3 is 1. The third-order valence-electron chi connectivity index (χ3n) is 5.30. The van der Waals surface area contributed by atoms with Gasteiger partial charge in [0.15, 0.2) is 16.7 Å². The third kappa shape index (κ3) is 5.46. The summed E-state index contributed by atoms with van der Waals surface area (Å²) in [6.07, 6.45) is 2.84. The first kappa shape index (κ1) is 22.7. The summed E-state index contributed by atoms with van der Waals surface area (Å²) in [5.41, 5.74) is 4.03. The van der Waals surface area contributed by atoms with Crippen LogP contribution < -0.4 is 9.47 Å². The van der Waals surface area contributed by atoms with Crippen molar-refractivity contribution in [3.8, 4) is 11.5 Å². The van der Waals surface area contributed by atoms with Gasteiger partial charge in [0.05, 0.1) is 17.7 Å². The normalized spacial score (nSPS) is 16.0. The van der Waals surface area contributed by atoms with Crippen molar-refractivity contribution in [2.45, 2.75) is 20.0 Å². The Bertz CT molecular complexity index is 1190. The van der Waals surface area contributed by atoms with Crippen LogP contribution >= 0.6 is 11.8 Å². The van der Waals surface area contributed by atoms with Crippen LogP contribution in [0.1, 0.15) is 23.6 Å². The lowest BCUT2D eigenvalue weighted by Crippen LogP contribution is -2.23. The number of thioether (sulfide) groups is 1. The number of benzene rings is 3. The Morgan fingerprint density at radius 1 is 0.970 bits per heavy atom. The minimum Gasteiger partial charge on any atom is -0.493 e. The molecule has 3 aromatic carbocycles. The van der Waals surface area contributed by atoms with Crippen molar-refractivity contribution in [1.29, 1.82) is 0 Å². The number of ether oxygens (including phenoxy) is 2. The molecule has 0 radical (unpaired) electrons. The first-order chi connectivity index (χ1) is 16.1. The number of rotatable bonds is 7. The van der Waals surface area contributed by atoms with Gasteiger partial charge < -0.3 is 9.47 Å². The van der Waals surface area contributed by atoms with Crippen LogP contribution in [-0.2, 0) is 17.8 Å². The molecule has 0 aromatic heterocycles. The molecule has 1 amide bonds. The summed E-state index contributed by atoms with van der Waals surface area (Å²) in [7, 11) is 3.36. The predicted molar refractivity (Wildman–Crippen MR) is 135 cm³/mol. The molecule has 1 fully saturated rings. The minimum absolute atomic E-state index is 0.0766. The van der Waals surface area contributed by atoms with Crippen LogP contribution in [0.2, 0.25) is 0 Å². The summed E-state index contributed by atoms with van der Waals surface area (Å²) in [5.74, 6) is 1.20. The summed E-state index contributed by atoms with van der Waals surface area (Å²) in [5, 5.41) is 0.658. The van der Waals surface area contributed by atoms with Gasteiger partial charge in [-0.15, -0.1) is 0 Å². The van der Waals surface area contributed by atoms with E-state index in [9.17, 15) is 4.79 Å². The molecule has 4 rings (SSSR count). The molecule has 3 aromatic rings. The molecule has 0 unspecified atom stereocenters. The van der Waals surface area contributed by atoms with E-state index >= 15 is 0 Å². The second kappa shape index (κ2) is 10.4. The SMILES string of the molecule is CCc1ccc(N=C2S/C(=C/c3ccc(OCc4ccccc4)c(OC)c3)C(=O)N2C)cc1. The Morgan fingerprint density at radius 2 is 1.73 bits per heavy atom. The Labute approximate surface area is 198 Å². The number of nitrogens with zero attached hydrogens (tertiary/aromatic N) is 2. The predicted octanol–water partition coefficient (Wildman–Crippen LogP) is 6.07. The monoisotopic (exact) mass is 458 g/mol. The molecule has 0 bridgehead atoms. The molecule has 168 valence electrons. The van der Waals surface area contributed by atoms with Crippen molar-refractivity contribution < 1.29 is 14.3 Å². The molecule has 6 heteroatoms. The van der Waals surface area contributed by atoms with Gasteiger partial charge in [-0.3, -0.25) is 9.69 Å². The van der Waals surface area contributed by atoms with Gasteiger partial charge in [0.2, 0.25) is 0 Å². The van der Waals surface area contributed by atoms with Crippen molar-refractivity contribution in [2.24, 2.45) is 4.99 Å². The first-order valence-electron chi connectivity index (χ1n) is 10.8. The van der Waals surface area contributed by atoms with Crippen LogP contribution in [0.3, 0.4) is 0 Å². The van der Waals surface area contributed by atoms with Gasteiger partial charge in [-0.25, -0.2) is 4.99 Å². The van der Waals surface area contributed by atoms with Gasteiger partial charge >= 0.3 is 0 Å². The van der Waals surface area contributed by atoms with Crippen LogP contribution in [0.25, 0.3) is 6.08 Å². The van der Waals surface area contributed by atoms with Gasteiger partial charge in [-0.2, -0.15) is 0 Å². The summed E-state index contributed by atoms with van der Waals surface area (Å²) < 4.78 is 11.5. The lowest BCUT2D eigenvalue weighted by atomic mass is 10.1. The van der Waals surface area contributed by atoms with Gasteiger partial charge in [-0.05, 0) is 65.2 Å². The molecule has 1 aliphatic rings. The van der Waals surface area contributed by atoms with E-state index in [-0.39, 0.29) is 5.91 Å². The molecule has 0 N–H and O–H groups in total. The van der Waals surface area contributed by atoms with E-state index < -0.39 is 0 Å². The second-order valence-electron chi connectivity index (χ2n) is 7.57. The van der Waals surface area contributed by atoms with Gasteiger partial charge in [0, 0.05) is 7.05 Å².